The fraction of sp³-hybridized carbons (Fsp3) is 0.407. The van der Waals surface area contributed by atoms with Gasteiger partial charge in [0.05, 0.1) is 24.4 Å². The second-order valence-corrected chi connectivity index (χ2v) is 10.1. The molecule has 1 fully saturated rings. The highest BCUT2D eigenvalue weighted by Crippen LogP contribution is 2.36. The number of morpholine rings is 1. The molecule has 1 saturated heterocycles. The van der Waals surface area contributed by atoms with Crippen LogP contribution in [0.25, 0.3) is 10.9 Å². The molecule has 0 atom stereocenters. The fourth-order valence-corrected chi connectivity index (χ4v) is 5.60. The van der Waals surface area contributed by atoms with E-state index in [1.807, 2.05) is 0 Å². The van der Waals surface area contributed by atoms with E-state index in [2.05, 4.69) is 73.9 Å². The van der Waals surface area contributed by atoms with Crippen molar-refractivity contribution in [3.63, 3.8) is 0 Å². The molecule has 2 aromatic carbocycles. The van der Waals surface area contributed by atoms with Gasteiger partial charge in [-0.15, -0.1) is 0 Å². The third-order valence-electron chi connectivity index (χ3n) is 6.73. The summed E-state index contributed by atoms with van der Waals surface area (Å²) in [5.41, 5.74) is 8.47. The second kappa shape index (κ2) is 9.45. The van der Waals surface area contributed by atoms with Crippen molar-refractivity contribution in [2.45, 2.75) is 39.3 Å². The molecule has 6 heteroatoms. The number of hydrogen-bond acceptors (Lipinski definition) is 5. The number of hydrogen-bond donors (Lipinski definition) is 0. The van der Waals surface area contributed by atoms with E-state index in [1.54, 1.807) is 11.8 Å². The number of aryl methyl sites for hydroxylation is 3. The summed E-state index contributed by atoms with van der Waals surface area (Å²) >= 11 is 1.71. The topological polar surface area (TPSA) is 41.0 Å². The van der Waals surface area contributed by atoms with Crippen molar-refractivity contribution in [2.24, 2.45) is 4.99 Å². The molecule has 1 aromatic heterocycles. The molecule has 3 aromatic rings. The van der Waals surface area contributed by atoms with Gasteiger partial charge >= 0.3 is 0 Å². The van der Waals surface area contributed by atoms with Crippen LogP contribution < -0.4 is 0 Å². The van der Waals surface area contributed by atoms with Gasteiger partial charge in [0.15, 0.2) is 5.17 Å². The predicted molar refractivity (Wildman–Crippen MR) is 138 cm³/mol. The predicted octanol–water partition coefficient (Wildman–Crippen LogP) is 5.40. The largest absolute Gasteiger partial charge is 0.379 e. The van der Waals surface area contributed by atoms with E-state index in [-0.39, 0.29) is 0 Å². The van der Waals surface area contributed by atoms with Crippen molar-refractivity contribution >= 4 is 33.5 Å². The van der Waals surface area contributed by atoms with E-state index in [9.17, 15) is 0 Å². The summed E-state index contributed by atoms with van der Waals surface area (Å²) in [6, 6.07) is 13.1. The average Bonchev–Trinajstić information content (AvgIpc) is 2.80. The van der Waals surface area contributed by atoms with Gasteiger partial charge in [0, 0.05) is 43.7 Å². The molecule has 2 aliphatic rings. The number of fused-ring (bicyclic) bond motifs is 2. The summed E-state index contributed by atoms with van der Waals surface area (Å²) in [4.78, 5) is 15.2. The van der Waals surface area contributed by atoms with E-state index >= 15 is 0 Å². The SMILES string of the molecule is Cc1cc(C)c2cc3c(nc2c1)SC(=Nc1cccc(C)c1C)N(CCN1CCOCC1)C3. The number of aromatic nitrogens is 1. The molecule has 0 radical (unpaired) electrons. The van der Waals surface area contributed by atoms with Gasteiger partial charge in [0.1, 0.15) is 5.03 Å². The monoisotopic (exact) mass is 460 g/mol. The van der Waals surface area contributed by atoms with Crippen LogP contribution in [0.3, 0.4) is 0 Å². The van der Waals surface area contributed by atoms with Gasteiger partial charge in [-0.3, -0.25) is 4.90 Å². The maximum atomic E-state index is 5.53. The van der Waals surface area contributed by atoms with Gasteiger partial charge < -0.3 is 9.64 Å². The second-order valence-electron chi connectivity index (χ2n) is 9.19. The van der Waals surface area contributed by atoms with Crippen LogP contribution in [0.2, 0.25) is 0 Å². The maximum absolute atomic E-state index is 5.53. The summed E-state index contributed by atoms with van der Waals surface area (Å²) in [5.74, 6) is 0. The summed E-state index contributed by atoms with van der Waals surface area (Å²) in [7, 11) is 0. The van der Waals surface area contributed by atoms with Crippen LogP contribution in [0, 0.1) is 27.7 Å². The van der Waals surface area contributed by atoms with Crippen LogP contribution >= 0.6 is 11.8 Å². The molecule has 5 nitrogen and oxygen atoms in total. The van der Waals surface area contributed by atoms with Crippen LogP contribution in [-0.2, 0) is 11.3 Å². The number of thioether (sulfide) groups is 1. The molecule has 0 bridgehead atoms. The Morgan fingerprint density at radius 2 is 1.82 bits per heavy atom. The number of pyridine rings is 1. The lowest BCUT2D eigenvalue weighted by Gasteiger charge is -2.34. The molecule has 33 heavy (non-hydrogen) atoms. The van der Waals surface area contributed by atoms with Gasteiger partial charge in [-0.2, -0.15) is 0 Å². The number of aliphatic imine (C=N–C) groups is 1. The first kappa shape index (κ1) is 22.4. The zero-order valence-corrected chi connectivity index (χ0v) is 20.8. The Balaban J connectivity index is 1.51. The summed E-state index contributed by atoms with van der Waals surface area (Å²) in [6.07, 6.45) is 0. The van der Waals surface area contributed by atoms with E-state index in [1.165, 1.54) is 33.2 Å². The quantitative estimate of drug-likeness (QED) is 0.522. The third kappa shape index (κ3) is 4.79. The Bertz CT molecular complexity index is 1220. The van der Waals surface area contributed by atoms with E-state index in [4.69, 9.17) is 14.7 Å². The molecule has 2 aliphatic heterocycles. The van der Waals surface area contributed by atoms with Gasteiger partial charge in [0.2, 0.25) is 0 Å². The number of nitrogens with zero attached hydrogens (tertiary/aromatic N) is 4. The molecule has 5 rings (SSSR count). The van der Waals surface area contributed by atoms with E-state index < -0.39 is 0 Å². The Hall–Kier alpha value is -2.41. The van der Waals surface area contributed by atoms with Crippen LogP contribution in [0.5, 0.6) is 0 Å². The molecule has 0 aliphatic carbocycles. The smallest absolute Gasteiger partial charge is 0.171 e. The van der Waals surface area contributed by atoms with Crippen LogP contribution in [0.4, 0.5) is 5.69 Å². The number of benzene rings is 2. The molecular weight excluding hydrogens is 428 g/mol. The Morgan fingerprint density at radius 3 is 2.64 bits per heavy atom. The average molecular weight is 461 g/mol. The Morgan fingerprint density at radius 1 is 1.00 bits per heavy atom. The molecule has 0 N–H and O–H groups in total. The Labute approximate surface area is 200 Å². The van der Waals surface area contributed by atoms with Crippen molar-refractivity contribution in [3.8, 4) is 0 Å². The lowest BCUT2D eigenvalue weighted by Crippen LogP contribution is -2.43. The van der Waals surface area contributed by atoms with E-state index in [0.717, 1.165) is 67.3 Å². The lowest BCUT2D eigenvalue weighted by molar-refractivity contribution is 0.0358. The van der Waals surface area contributed by atoms with Crippen molar-refractivity contribution in [2.75, 3.05) is 39.4 Å². The minimum absolute atomic E-state index is 0.829. The lowest BCUT2D eigenvalue weighted by atomic mass is 10.0. The summed E-state index contributed by atoms with van der Waals surface area (Å²) in [5, 5.41) is 3.38. The number of ether oxygens (including phenoxy) is 1. The van der Waals surface area contributed by atoms with Crippen LogP contribution in [-0.4, -0.2) is 59.3 Å². The first-order valence-electron chi connectivity index (χ1n) is 11.8. The Kier molecular flexibility index (Phi) is 6.41. The van der Waals surface area contributed by atoms with Crippen molar-refractivity contribution in [1.82, 2.24) is 14.8 Å². The van der Waals surface area contributed by atoms with E-state index in [0.29, 0.717) is 0 Å². The normalized spacial score (nSPS) is 18.2. The summed E-state index contributed by atoms with van der Waals surface area (Å²) in [6.45, 7) is 15.1. The number of amidine groups is 1. The van der Waals surface area contributed by atoms with Gasteiger partial charge in [0.25, 0.3) is 0 Å². The van der Waals surface area contributed by atoms with Crippen molar-refractivity contribution in [3.05, 3.63) is 64.2 Å². The minimum Gasteiger partial charge on any atom is -0.379 e. The highest BCUT2D eigenvalue weighted by molar-refractivity contribution is 8.13. The summed E-state index contributed by atoms with van der Waals surface area (Å²) < 4.78 is 5.53. The standard InChI is InChI=1S/C27H32N4OS/c1-18-14-20(3)23-16-22-17-31(9-8-30-10-12-32-13-11-30)27(33-26(22)28-25(23)15-18)29-24-7-5-6-19(2)21(24)4/h5-7,14-16H,8-13,17H2,1-4H3. The van der Waals surface area contributed by atoms with Crippen LogP contribution in [0.1, 0.15) is 27.8 Å². The highest BCUT2D eigenvalue weighted by Gasteiger charge is 2.25. The first-order chi connectivity index (χ1) is 16.0. The maximum Gasteiger partial charge on any atom is 0.171 e. The number of rotatable bonds is 4. The van der Waals surface area contributed by atoms with Crippen LogP contribution in [0.15, 0.2) is 46.4 Å². The van der Waals surface area contributed by atoms with Crippen molar-refractivity contribution < 1.29 is 4.74 Å². The zero-order valence-electron chi connectivity index (χ0n) is 20.0. The molecule has 0 spiro atoms. The van der Waals surface area contributed by atoms with Crippen molar-refractivity contribution in [1.29, 1.82) is 0 Å². The molecule has 3 heterocycles. The minimum atomic E-state index is 0.829. The molecular formula is C27H32N4OS. The van der Waals surface area contributed by atoms with Gasteiger partial charge in [-0.05, 0) is 79.9 Å². The molecule has 0 unspecified atom stereocenters. The highest BCUT2D eigenvalue weighted by atomic mass is 32.2. The fourth-order valence-electron chi connectivity index (χ4n) is 4.59. The molecule has 172 valence electrons. The zero-order chi connectivity index (χ0) is 22.9. The first-order valence-corrected chi connectivity index (χ1v) is 12.6. The molecule has 0 amide bonds. The third-order valence-corrected chi connectivity index (χ3v) is 7.81. The molecule has 0 saturated carbocycles. The van der Waals surface area contributed by atoms with Gasteiger partial charge in [-0.1, -0.05) is 18.2 Å². The van der Waals surface area contributed by atoms with Gasteiger partial charge in [-0.25, -0.2) is 9.98 Å².